The SMILES string of the molecule is CCOCC(O)CN1CCN(C(=O)COc2ccccc2)CC1. The molecule has 6 heteroatoms. The van der Waals surface area contributed by atoms with Crippen molar-refractivity contribution in [2.75, 3.05) is 52.5 Å². The van der Waals surface area contributed by atoms with Crippen LogP contribution in [0.3, 0.4) is 0 Å². The minimum Gasteiger partial charge on any atom is -0.484 e. The molecule has 1 aromatic rings. The number of nitrogens with zero attached hydrogens (tertiary/aromatic N) is 2. The Morgan fingerprint density at radius 2 is 1.91 bits per heavy atom. The van der Waals surface area contributed by atoms with Gasteiger partial charge in [0.15, 0.2) is 6.61 Å². The molecule has 1 aromatic carbocycles. The number of carbonyl (C=O) groups excluding carboxylic acids is 1. The highest BCUT2D eigenvalue weighted by atomic mass is 16.5. The Morgan fingerprint density at radius 1 is 1.22 bits per heavy atom. The highest BCUT2D eigenvalue weighted by molar-refractivity contribution is 5.77. The van der Waals surface area contributed by atoms with Crippen LogP contribution in [-0.2, 0) is 9.53 Å². The molecule has 1 unspecified atom stereocenters. The van der Waals surface area contributed by atoms with E-state index in [1.54, 1.807) is 0 Å². The molecule has 128 valence electrons. The van der Waals surface area contributed by atoms with Crippen molar-refractivity contribution in [2.45, 2.75) is 13.0 Å². The molecule has 1 fully saturated rings. The standard InChI is InChI=1S/C17H26N2O4/c1-2-22-13-15(20)12-18-8-10-19(11-9-18)17(21)14-23-16-6-4-3-5-7-16/h3-7,15,20H,2,8-14H2,1H3. The van der Waals surface area contributed by atoms with Crippen LogP contribution in [0.1, 0.15) is 6.92 Å². The molecular formula is C17H26N2O4. The number of hydrogen-bond donors (Lipinski definition) is 1. The van der Waals surface area contributed by atoms with Crippen molar-refractivity contribution in [3.05, 3.63) is 30.3 Å². The lowest BCUT2D eigenvalue weighted by Gasteiger charge is -2.35. The summed E-state index contributed by atoms with van der Waals surface area (Å²) in [5.74, 6) is 0.710. The predicted molar refractivity (Wildman–Crippen MR) is 87.5 cm³/mol. The first-order chi connectivity index (χ1) is 11.2. The van der Waals surface area contributed by atoms with Gasteiger partial charge in [0.25, 0.3) is 5.91 Å². The van der Waals surface area contributed by atoms with Crippen LogP contribution >= 0.6 is 0 Å². The molecule has 0 spiro atoms. The van der Waals surface area contributed by atoms with E-state index in [-0.39, 0.29) is 12.5 Å². The van der Waals surface area contributed by atoms with Crippen molar-refractivity contribution in [2.24, 2.45) is 0 Å². The number of carbonyl (C=O) groups is 1. The van der Waals surface area contributed by atoms with E-state index in [2.05, 4.69) is 4.90 Å². The van der Waals surface area contributed by atoms with E-state index in [0.717, 1.165) is 13.1 Å². The second kappa shape index (κ2) is 9.50. The number of rotatable bonds is 8. The zero-order valence-electron chi connectivity index (χ0n) is 13.7. The van der Waals surface area contributed by atoms with Crippen molar-refractivity contribution in [1.82, 2.24) is 9.80 Å². The van der Waals surface area contributed by atoms with Gasteiger partial charge in [-0.25, -0.2) is 0 Å². The maximum atomic E-state index is 12.2. The van der Waals surface area contributed by atoms with Crippen molar-refractivity contribution in [3.8, 4) is 5.75 Å². The quantitative estimate of drug-likeness (QED) is 0.760. The van der Waals surface area contributed by atoms with Crippen LogP contribution in [0.15, 0.2) is 30.3 Å². The summed E-state index contributed by atoms with van der Waals surface area (Å²) < 4.78 is 10.7. The van der Waals surface area contributed by atoms with Gasteiger partial charge in [-0.3, -0.25) is 9.69 Å². The summed E-state index contributed by atoms with van der Waals surface area (Å²) in [5, 5.41) is 9.85. The number of β-amino-alcohol motifs (C(OH)–C–C–N with tert-alkyl or cyclic N) is 1. The summed E-state index contributed by atoms with van der Waals surface area (Å²) in [6, 6.07) is 9.35. The molecule has 1 N–H and O–H groups in total. The maximum Gasteiger partial charge on any atom is 0.260 e. The molecule has 1 aliphatic rings. The fourth-order valence-electron chi connectivity index (χ4n) is 2.54. The monoisotopic (exact) mass is 322 g/mol. The van der Waals surface area contributed by atoms with Gasteiger partial charge in [-0.05, 0) is 19.1 Å². The Hall–Kier alpha value is -1.63. The van der Waals surface area contributed by atoms with Crippen molar-refractivity contribution >= 4 is 5.91 Å². The third-order valence-corrected chi connectivity index (χ3v) is 3.81. The molecule has 1 amide bonds. The van der Waals surface area contributed by atoms with Gasteiger partial charge in [-0.2, -0.15) is 0 Å². The van der Waals surface area contributed by atoms with Crippen LogP contribution < -0.4 is 4.74 Å². The number of benzene rings is 1. The lowest BCUT2D eigenvalue weighted by Crippen LogP contribution is -2.51. The lowest BCUT2D eigenvalue weighted by atomic mass is 10.2. The molecule has 0 aromatic heterocycles. The van der Waals surface area contributed by atoms with Crippen LogP contribution in [0.5, 0.6) is 5.75 Å². The molecule has 1 saturated heterocycles. The third kappa shape index (κ3) is 6.17. The van der Waals surface area contributed by atoms with Gasteiger partial charge in [0.1, 0.15) is 5.75 Å². The maximum absolute atomic E-state index is 12.2. The Kier molecular flexibility index (Phi) is 7.32. The van der Waals surface area contributed by atoms with E-state index in [4.69, 9.17) is 9.47 Å². The van der Waals surface area contributed by atoms with E-state index in [9.17, 15) is 9.90 Å². The zero-order chi connectivity index (χ0) is 16.5. The molecule has 1 aliphatic heterocycles. The number of piperazine rings is 1. The average molecular weight is 322 g/mol. The number of para-hydroxylation sites is 1. The number of amides is 1. The lowest BCUT2D eigenvalue weighted by molar-refractivity contribution is -0.135. The largest absolute Gasteiger partial charge is 0.484 e. The first kappa shape index (κ1) is 17.7. The highest BCUT2D eigenvalue weighted by Crippen LogP contribution is 2.09. The molecule has 23 heavy (non-hydrogen) atoms. The smallest absolute Gasteiger partial charge is 0.260 e. The van der Waals surface area contributed by atoms with Gasteiger partial charge in [0.2, 0.25) is 0 Å². The Balaban J connectivity index is 1.66. The van der Waals surface area contributed by atoms with Gasteiger partial charge in [0.05, 0.1) is 12.7 Å². The molecule has 0 radical (unpaired) electrons. The average Bonchev–Trinajstić information content (AvgIpc) is 2.59. The van der Waals surface area contributed by atoms with Crippen LogP contribution in [0.2, 0.25) is 0 Å². The molecular weight excluding hydrogens is 296 g/mol. The summed E-state index contributed by atoms with van der Waals surface area (Å²) in [6.07, 6.45) is -0.474. The second-order valence-electron chi connectivity index (χ2n) is 5.60. The molecule has 2 rings (SSSR count). The molecule has 0 aliphatic carbocycles. The Labute approximate surface area is 137 Å². The zero-order valence-corrected chi connectivity index (χ0v) is 13.7. The summed E-state index contributed by atoms with van der Waals surface area (Å²) in [7, 11) is 0. The number of hydrogen-bond acceptors (Lipinski definition) is 5. The van der Waals surface area contributed by atoms with E-state index < -0.39 is 6.10 Å². The van der Waals surface area contributed by atoms with E-state index in [0.29, 0.717) is 38.6 Å². The summed E-state index contributed by atoms with van der Waals surface area (Å²) in [5.41, 5.74) is 0. The Bertz CT molecular complexity index is 461. The van der Waals surface area contributed by atoms with E-state index in [1.807, 2.05) is 42.2 Å². The van der Waals surface area contributed by atoms with E-state index in [1.165, 1.54) is 0 Å². The normalized spacial score (nSPS) is 17.0. The summed E-state index contributed by atoms with van der Waals surface area (Å²) >= 11 is 0. The van der Waals surface area contributed by atoms with Crippen LogP contribution in [0.25, 0.3) is 0 Å². The third-order valence-electron chi connectivity index (χ3n) is 3.81. The van der Waals surface area contributed by atoms with Crippen molar-refractivity contribution < 1.29 is 19.4 Å². The summed E-state index contributed by atoms with van der Waals surface area (Å²) in [6.45, 7) is 6.40. The molecule has 6 nitrogen and oxygen atoms in total. The summed E-state index contributed by atoms with van der Waals surface area (Å²) in [4.78, 5) is 16.1. The number of aliphatic hydroxyl groups excluding tert-OH is 1. The minimum atomic E-state index is -0.474. The number of ether oxygens (including phenoxy) is 2. The first-order valence-corrected chi connectivity index (χ1v) is 8.13. The van der Waals surface area contributed by atoms with Crippen LogP contribution in [-0.4, -0.2) is 79.5 Å². The predicted octanol–water partition coefficient (Wildman–Crippen LogP) is 0.607. The van der Waals surface area contributed by atoms with Crippen molar-refractivity contribution in [1.29, 1.82) is 0 Å². The molecule has 1 heterocycles. The highest BCUT2D eigenvalue weighted by Gasteiger charge is 2.22. The Morgan fingerprint density at radius 3 is 2.57 bits per heavy atom. The van der Waals surface area contributed by atoms with Gasteiger partial charge in [-0.1, -0.05) is 18.2 Å². The van der Waals surface area contributed by atoms with Gasteiger partial charge in [0, 0.05) is 39.3 Å². The van der Waals surface area contributed by atoms with Gasteiger partial charge < -0.3 is 19.5 Å². The fraction of sp³-hybridized carbons (Fsp3) is 0.588. The number of aliphatic hydroxyl groups is 1. The van der Waals surface area contributed by atoms with E-state index >= 15 is 0 Å². The minimum absolute atomic E-state index is 0.00312. The topological polar surface area (TPSA) is 62.2 Å². The van der Waals surface area contributed by atoms with Crippen LogP contribution in [0.4, 0.5) is 0 Å². The van der Waals surface area contributed by atoms with Crippen molar-refractivity contribution in [3.63, 3.8) is 0 Å². The molecule has 1 atom stereocenters. The van der Waals surface area contributed by atoms with Gasteiger partial charge in [-0.15, -0.1) is 0 Å². The van der Waals surface area contributed by atoms with Crippen LogP contribution in [0, 0.1) is 0 Å². The van der Waals surface area contributed by atoms with Gasteiger partial charge >= 0.3 is 0 Å². The first-order valence-electron chi connectivity index (χ1n) is 8.13. The molecule has 0 bridgehead atoms. The fourth-order valence-corrected chi connectivity index (χ4v) is 2.54. The molecule has 0 saturated carbocycles. The second-order valence-corrected chi connectivity index (χ2v) is 5.60.